The molecule has 0 aliphatic heterocycles. The molecule has 0 aliphatic carbocycles. The second-order valence-corrected chi connectivity index (χ2v) is 4.40. The molecule has 1 unspecified atom stereocenters. The summed E-state index contributed by atoms with van der Waals surface area (Å²) in [5.41, 5.74) is 0. The van der Waals surface area contributed by atoms with Crippen molar-refractivity contribution in [3.63, 3.8) is 0 Å². The Labute approximate surface area is 74.9 Å². The minimum Gasteiger partial charge on any atom is -0.342 e. The summed E-state index contributed by atoms with van der Waals surface area (Å²) < 4.78 is 19.2. The van der Waals surface area contributed by atoms with Crippen LogP contribution in [0.2, 0.25) is 0 Å². The number of rotatable bonds is 5. The van der Waals surface area contributed by atoms with E-state index in [1.165, 1.54) is 6.92 Å². The highest BCUT2D eigenvalue weighted by Gasteiger charge is 2.30. The number of hydrogen-bond donors (Lipinski definition) is 0. The first kappa shape index (κ1) is 11.8. The maximum Gasteiger partial charge on any atom is 0.255 e. The summed E-state index contributed by atoms with van der Waals surface area (Å²) in [6.07, 6.45) is 0.858. The van der Waals surface area contributed by atoms with Crippen LogP contribution in [-0.4, -0.2) is 44.6 Å². The average molecular weight is 178 g/mol. The van der Waals surface area contributed by atoms with Gasteiger partial charge in [-0.25, -0.2) is 4.39 Å². The number of quaternary nitrogens is 1. The van der Waals surface area contributed by atoms with Gasteiger partial charge in [-0.15, -0.1) is 0 Å². The van der Waals surface area contributed by atoms with Crippen molar-refractivity contribution in [2.24, 2.45) is 0 Å². The van der Waals surface area contributed by atoms with Crippen LogP contribution >= 0.6 is 0 Å². The molecule has 0 rings (SSSR count). The summed E-state index contributed by atoms with van der Waals surface area (Å²) in [4.78, 5) is 0. The molecule has 0 aromatic heterocycles. The van der Waals surface area contributed by atoms with Gasteiger partial charge in [-0.05, 0) is 6.42 Å². The molecular formula is C9H21FNO+. The highest BCUT2D eigenvalue weighted by atomic mass is 19.2. The summed E-state index contributed by atoms with van der Waals surface area (Å²) in [6.45, 7) is 4.34. The van der Waals surface area contributed by atoms with Crippen LogP contribution in [0.3, 0.4) is 0 Å². The Hall–Kier alpha value is -0.150. The Kier molecular flexibility index (Phi) is 4.14. The van der Waals surface area contributed by atoms with Gasteiger partial charge in [0, 0.05) is 6.92 Å². The fourth-order valence-electron chi connectivity index (χ4n) is 1.21. The normalized spacial score (nSPS) is 17.5. The van der Waals surface area contributed by atoms with Gasteiger partial charge in [0.25, 0.3) is 5.85 Å². The number of hydrogen-bond acceptors (Lipinski definition) is 1. The number of ether oxygens (including phenoxy) is 1. The zero-order valence-electron chi connectivity index (χ0n) is 8.85. The van der Waals surface area contributed by atoms with Gasteiger partial charge in [0.05, 0.1) is 27.7 Å². The van der Waals surface area contributed by atoms with Crippen LogP contribution in [0.4, 0.5) is 4.39 Å². The Morgan fingerprint density at radius 3 is 2.17 bits per heavy atom. The van der Waals surface area contributed by atoms with Gasteiger partial charge in [0.15, 0.2) is 0 Å². The van der Waals surface area contributed by atoms with Crippen LogP contribution in [0.1, 0.15) is 20.3 Å². The average Bonchev–Trinajstić information content (AvgIpc) is 1.78. The van der Waals surface area contributed by atoms with E-state index in [-0.39, 0.29) is 0 Å². The molecule has 0 heterocycles. The summed E-state index contributed by atoms with van der Waals surface area (Å²) in [7, 11) is 5.85. The second-order valence-electron chi connectivity index (χ2n) is 4.40. The summed E-state index contributed by atoms with van der Waals surface area (Å²) in [5, 5.41) is 0. The van der Waals surface area contributed by atoms with E-state index in [1.807, 2.05) is 28.1 Å². The van der Waals surface area contributed by atoms with E-state index in [9.17, 15) is 4.39 Å². The topological polar surface area (TPSA) is 9.23 Å². The van der Waals surface area contributed by atoms with E-state index < -0.39 is 5.85 Å². The molecule has 0 amide bonds. The highest BCUT2D eigenvalue weighted by molar-refractivity contribution is 4.58. The van der Waals surface area contributed by atoms with Crippen molar-refractivity contribution in [2.75, 3.05) is 34.3 Å². The Balaban J connectivity index is 3.86. The van der Waals surface area contributed by atoms with Gasteiger partial charge in [0.1, 0.15) is 6.54 Å². The van der Waals surface area contributed by atoms with Gasteiger partial charge >= 0.3 is 0 Å². The van der Waals surface area contributed by atoms with Crippen molar-refractivity contribution in [3.05, 3.63) is 0 Å². The van der Waals surface area contributed by atoms with E-state index in [0.29, 0.717) is 17.6 Å². The third-order valence-electron chi connectivity index (χ3n) is 1.36. The van der Waals surface area contributed by atoms with Crippen molar-refractivity contribution >= 4 is 0 Å². The zero-order valence-corrected chi connectivity index (χ0v) is 8.85. The highest BCUT2D eigenvalue weighted by Crippen LogP contribution is 2.15. The molecule has 74 valence electrons. The maximum atomic E-state index is 13.5. The molecule has 0 spiro atoms. The van der Waals surface area contributed by atoms with Gasteiger partial charge in [-0.3, -0.25) is 0 Å². The van der Waals surface area contributed by atoms with Crippen molar-refractivity contribution in [1.29, 1.82) is 0 Å². The zero-order chi connectivity index (χ0) is 9.83. The molecule has 0 radical (unpaired) electrons. The molecule has 0 aromatic carbocycles. The minimum absolute atomic E-state index is 0.382. The summed E-state index contributed by atoms with van der Waals surface area (Å²) in [6, 6.07) is 0. The monoisotopic (exact) mass is 178 g/mol. The number of alkyl halides is 1. The van der Waals surface area contributed by atoms with Crippen LogP contribution in [0.15, 0.2) is 0 Å². The van der Waals surface area contributed by atoms with Crippen LogP contribution in [-0.2, 0) is 4.74 Å². The van der Waals surface area contributed by atoms with Crippen molar-refractivity contribution in [1.82, 2.24) is 0 Å². The van der Waals surface area contributed by atoms with Crippen LogP contribution in [0, 0.1) is 0 Å². The Bertz CT molecular complexity index is 129. The maximum absolute atomic E-state index is 13.5. The molecule has 0 fully saturated rings. The fraction of sp³-hybridized carbons (Fsp3) is 1.00. The van der Waals surface area contributed by atoms with Crippen LogP contribution in [0.25, 0.3) is 0 Å². The molecule has 0 aliphatic rings. The molecule has 12 heavy (non-hydrogen) atoms. The van der Waals surface area contributed by atoms with Crippen LogP contribution in [0.5, 0.6) is 0 Å². The van der Waals surface area contributed by atoms with Crippen molar-refractivity contribution in [3.8, 4) is 0 Å². The predicted octanol–water partition coefficient (Wildman–Crippen LogP) is 1.80. The van der Waals surface area contributed by atoms with E-state index in [2.05, 4.69) is 0 Å². The molecule has 2 nitrogen and oxygen atoms in total. The quantitative estimate of drug-likeness (QED) is 0.583. The summed E-state index contributed by atoms with van der Waals surface area (Å²) in [5.74, 6) is -1.49. The third kappa shape index (κ3) is 6.55. The summed E-state index contributed by atoms with van der Waals surface area (Å²) >= 11 is 0. The number of nitrogens with zero attached hydrogens (tertiary/aromatic N) is 1. The van der Waals surface area contributed by atoms with Gasteiger partial charge in [-0.1, -0.05) is 6.92 Å². The van der Waals surface area contributed by atoms with Crippen LogP contribution < -0.4 is 0 Å². The third-order valence-corrected chi connectivity index (χ3v) is 1.36. The van der Waals surface area contributed by atoms with Gasteiger partial charge in [0.2, 0.25) is 0 Å². The smallest absolute Gasteiger partial charge is 0.255 e. The molecule has 0 N–H and O–H groups in total. The fourth-order valence-corrected chi connectivity index (χ4v) is 1.21. The Morgan fingerprint density at radius 1 is 1.33 bits per heavy atom. The van der Waals surface area contributed by atoms with E-state index in [0.717, 1.165) is 6.42 Å². The largest absolute Gasteiger partial charge is 0.342 e. The van der Waals surface area contributed by atoms with Gasteiger partial charge < -0.3 is 9.22 Å². The molecule has 1 atom stereocenters. The molecule has 0 saturated heterocycles. The van der Waals surface area contributed by atoms with E-state index >= 15 is 0 Å². The number of likely N-dealkylation sites (N-methyl/N-ethyl adjacent to an activating group) is 1. The molecular weight excluding hydrogens is 157 g/mol. The van der Waals surface area contributed by atoms with Crippen molar-refractivity contribution in [2.45, 2.75) is 26.1 Å². The Morgan fingerprint density at radius 2 is 1.83 bits per heavy atom. The standard InChI is InChI=1S/C9H21FNO/c1-6-7-12-9(2,10)8-11(3,4)5/h6-8H2,1-5H3/q+1. The minimum atomic E-state index is -1.49. The lowest BCUT2D eigenvalue weighted by Gasteiger charge is -2.31. The predicted molar refractivity (Wildman–Crippen MR) is 48.7 cm³/mol. The molecule has 0 aromatic rings. The molecule has 3 heteroatoms. The van der Waals surface area contributed by atoms with E-state index in [1.54, 1.807) is 0 Å². The first-order chi connectivity index (χ1) is 5.27. The first-order valence-corrected chi connectivity index (χ1v) is 4.40. The number of halogens is 1. The lowest BCUT2D eigenvalue weighted by atomic mass is 10.3. The molecule has 0 bridgehead atoms. The van der Waals surface area contributed by atoms with Crippen molar-refractivity contribution < 1.29 is 13.6 Å². The second kappa shape index (κ2) is 4.19. The lowest BCUT2D eigenvalue weighted by Crippen LogP contribution is -2.46. The lowest BCUT2D eigenvalue weighted by molar-refractivity contribution is -0.879. The van der Waals surface area contributed by atoms with Gasteiger partial charge in [-0.2, -0.15) is 0 Å². The first-order valence-electron chi connectivity index (χ1n) is 4.40. The van der Waals surface area contributed by atoms with E-state index in [4.69, 9.17) is 4.74 Å². The molecule has 0 saturated carbocycles. The SMILES string of the molecule is CCCOC(C)(F)C[N+](C)(C)C.